The summed E-state index contributed by atoms with van der Waals surface area (Å²) in [5.41, 5.74) is 3.74. The van der Waals surface area contributed by atoms with Crippen LogP contribution in [-0.4, -0.2) is 39.8 Å². The maximum atomic E-state index is 12.9. The van der Waals surface area contributed by atoms with E-state index in [9.17, 15) is 13.2 Å². The van der Waals surface area contributed by atoms with Gasteiger partial charge in [0.2, 0.25) is 15.9 Å². The van der Waals surface area contributed by atoms with Crippen LogP contribution in [0.2, 0.25) is 0 Å². The van der Waals surface area contributed by atoms with Gasteiger partial charge in [0.15, 0.2) is 0 Å². The molecule has 31 heavy (non-hydrogen) atoms. The average Bonchev–Trinajstić information content (AvgIpc) is 2.72. The van der Waals surface area contributed by atoms with Crippen LogP contribution in [0.15, 0.2) is 42.5 Å². The van der Waals surface area contributed by atoms with Crippen LogP contribution in [0.4, 0.5) is 5.69 Å². The molecule has 2 rings (SSSR count). The van der Waals surface area contributed by atoms with E-state index in [1.165, 1.54) is 4.31 Å². The van der Waals surface area contributed by atoms with Gasteiger partial charge in [-0.3, -0.25) is 9.10 Å². The summed E-state index contributed by atoms with van der Waals surface area (Å²) in [6.07, 6.45) is 3.10. The second-order valence-corrected chi connectivity index (χ2v) is 9.58. The third-order valence-electron chi connectivity index (χ3n) is 5.25. The van der Waals surface area contributed by atoms with E-state index in [2.05, 4.69) is 5.32 Å². The molecule has 0 saturated carbocycles. The van der Waals surface area contributed by atoms with Gasteiger partial charge in [-0.15, -0.1) is 0 Å². The first-order valence-corrected chi connectivity index (χ1v) is 12.6. The number of carbonyl (C=O) groups excluding carboxylic acids is 1. The summed E-state index contributed by atoms with van der Waals surface area (Å²) in [4.78, 5) is 12.9. The van der Waals surface area contributed by atoms with Crippen LogP contribution in [0.3, 0.4) is 0 Å². The molecule has 0 aliphatic carbocycles. The average molecular weight is 447 g/mol. The number of amides is 1. The van der Waals surface area contributed by atoms with Crippen molar-refractivity contribution in [2.24, 2.45) is 0 Å². The number of ether oxygens (including phenoxy) is 1. The lowest BCUT2D eigenvalue weighted by Crippen LogP contribution is -2.49. The number of carbonyl (C=O) groups is 1. The van der Waals surface area contributed by atoms with E-state index >= 15 is 0 Å². The molecule has 7 heteroatoms. The SMILES string of the molecule is CCOc1ccc(CCCNC(=O)C(CC)N(c2ccc(C)c(C)c2)S(C)(=O)=O)cc1. The zero-order chi connectivity index (χ0) is 23.0. The lowest BCUT2D eigenvalue weighted by Gasteiger charge is -2.30. The van der Waals surface area contributed by atoms with E-state index in [1.54, 1.807) is 6.07 Å². The molecule has 0 saturated heterocycles. The number of hydrogen-bond acceptors (Lipinski definition) is 4. The Hall–Kier alpha value is -2.54. The molecule has 0 aliphatic heterocycles. The molecule has 170 valence electrons. The van der Waals surface area contributed by atoms with Crippen molar-refractivity contribution in [1.82, 2.24) is 5.32 Å². The Morgan fingerprint density at radius 2 is 1.74 bits per heavy atom. The van der Waals surface area contributed by atoms with Gasteiger partial charge in [-0.2, -0.15) is 0 Å². The Balaban J connectivity index is 2.02. The Morgan fingerprint density at radius 3 is 2.29 bits per heavy atom. The number of nitrogens with zero attached hydrogens (tertiary/aromatic N) is 1. The minimum Gasteiger partial charge on any atom is -0.494 e. The number of anilines is 1. The summed E-state index contributed by atoms with van der Waals surface area (Å²) in [6, 6.07) is 12.6. The fourth-order valence-corrected chi connectivity index (χ4v) is 4.67. The van der Waals surface area contributed by atoms with Gasteiger partial charge in [-0.25, -0.2) is 8.42 Å². The quantitative estimate of drug-likeness (QED) is 0.530. The molecule has 1 amide bonds. The third kappa shape index (κ3) is 6.99. The van der Waals surface area contributed by atoms with Crippen molar-refractivity contribution in [3.63, 3.8) is 0 Å². The predicted molar refractivity (Wildman–Crippen MR) is 126 cm³/mol. The highest BCUT2D eigenvalue weighted by atomic mass is 32.2. The van der Waals surface area contributed by atoms with Crippen LogP contribution >= 0.6 is 0 Å². The van der Waals surface area contributed by atoms with Crippen molar-refractivity contribution in [1.29, 1.82) is 0 Å². The third-order valence-corrected chi connectivity index (χ3v) is 6.43. The topological polar surface area (TPSA) is 75.7 Å². The van der Waals surface area contributed by atoms with Crippen molar-refractivity contribution in [3.8, 4) is 5.75 Å². The van der Waals surface area contributed by atoms with Crippen LogP contribution in [0, 0.1) is 13.8 Å². The van der Waals surface area contributed by atoms with Gasteiger partial charge >= 0.3 is 0 Å². The molecule has 0 heterocycles. The number of aryl methyl sites for hydroxylation is 3. The van der Waals surface area contributed by atoms with Gasteiger partial charge < -0.3 is 10.1 Å². The van der Waals surface area contributed by atoms with Gasteiger partial charge in [-0.05, 0) is 81.0 Å². The van der Waals surface area contributed by atoms with Crippen molar-refractivity contribution in [2.45, 2.75) is 53.0 Å². The predicted octanol–water partition coefficient (Wildman–Crippen LogP) is 4.00. The molecule has 0 bridgehead atoms. The fourth-order valence-electron chi connectivity index (χ4n) is 3.46. The van der Waals surface area contributed by atoms with E-state index in [0.717, 1.165) is 41.5 Å². The summed E-state index contributed by atoms with van der Waals surface area (Å²) < 4.78 is 31.8. The first-order valence-electron chi connectivity index (χ1n) is 10.7. The molecular formula is C24H34N2O4S. The molecule has 0 aliphatic rings. The highest BCUT2D eigenvalue weighted by Crippen LogP contribution is 2.25. The maximum absolute atomic E-state index is 12.9. The number of nitrogens with one attached hydrogen (secondary N) is 1. The molecule has 2 aromatic carbocycles. The molecule has 1 atom stereocenters. The van der Waals surface area contributed by atoms with E-state index in [-0.39, 0.29) is 5.91 Å². The smallest absolute Gasteiger partial charge is 0.243 e. The molecule has 6 nitrogen and oxygen atoms in total. The maximum Gasteiger partial charge on any atom is 0.243 e. The molecule has 0 fully saturated rings. The van der Waals surface area contributed by atoms with Crippen LogP contribution in [0.5, 0.6) is 5.75 Å². The van der Waals surface area contributed by atoms with Gasteiger partial charge in [0.1, 0.15) is 11.8 Å². The highest BCUT2D eigenvalue weighted by molar-refractivity contribution is 7.92. The molecular weight excluding hydrogens is 412 g/mol. The summed E-state index contributed by atoms with van der Waals surface area (Å²) in [6.45, 7) is 8.79. The second kappa shape index (κ2) is 11.2. The zero-order valence-electron chi connectivity index (χ0n) is 19.1. The highest BCUT2D eigenvalue weighted by Gasteiger charge is 2.31. The fraction of sp³-hybridized carbons (Fsp3) is 0.458. The molecule has 0 radical (unpaired) electrons. The van der Waals surface area contributed by atoms with Gasteiger partial charge in [0.25, 0.3) is 0 Å². The van der Waals surface area contributed by atoms with Crippen molar-refractivity contribution in [3.05, 3.63) is 59.2 Å². The van der Waals surface area contributed by atoms with Crippen LogP contribution in [-0.2, 0) is 21.2 Å². The van der Waals surface area contributed by atoms with E-state index in [4.69, 9.17) is 4.74 Å². The molecule has 1 N–H and O–H groups in total. The first kappa shape index (κ1) is 24.7. The summed E-state index contributed by atoms with van der Waals surface area (Å²) in [5, 5.41) is 2.91. The minimum atomic E-state index is -3.63. The zero-order valence-corrected chi connectivity index (χ0v) is 20.0. The van der Waals surface area contributed by atoms with Crippen LogP contribution in [0.25, 0.3) is 0 Å². The van der Waals surface area contributed by atoms with Crippen molar-refractivity contribution < 1.29 is 17.9 Å². The standard InChI is InChI=1S/C24H34N2O4S/c1-6-23(26(31(5,28)29)21-13-10-18(3)19(4)17-21)24(27)25-16-8-9-20-11-14-22(15-12-20)30-7-2/h10-15,17,23H,6-9,16H2,1-5H3,(H,25,27). The lowest BCUT2D eigenvalue weighted by molar-refractivity contribution is -0.122. The van der Waals surface area contributed by atoms with E-state index in [1.807, 2.05) is 64.1 Å². The monoisotopic (exact) mass is 446 g/mol. The van der Waals surface area contributed by atoms with Crippen LogP contribution < -0.4 is 14.4 Å². The Kier molecular flexibility index (Phi) is 8.92. The lowest BCUT2D eigenvalue weighted by atomic mass is 10.1. The van der Waals surface area contributed by atoms with Crippen molar-refractivity contribution in [2.75, 3.05) is 23.7 Å². The first-order chi connectivity index (χ1) is 14.7. The Morgan fingerprint density at radius 1 is 1.06 bits per heavy atom. The minimum absolute atomic E-state index is 0.280. The van der Waals surface area contributed by atoms with E-state index in [0.29, 0.717) is 25.3 Å². The van der Waals surface area contributed by atoms with Crippen LogP contribution in [0.1, 0.15) is 43.4 Å². The largest absolute Gasteiger partial charge is 0.494 e. The molecule has 1 unspecified atom stereocenters. The molecule has 0 spiro atoms. The Labute approximate surface area is 186 Å². The Bertz CT molecular complexity index is 972. The van der Waals surface area contributed by atoms with E-state index < -0.39 is 16.1 Å². The summed E-state index contributed by atoms with van der Waals surface area (Å²) >= 11 is 0. The summed E-state index contributed by atoms with van der Waals surface area (Å²) in [7, 11) is -3.63. The normalized spacial score (nSPS) is 12.3. The van der Waals surface area contributed by atoms with Gasteiger partial charge in [0.05, 0.1) is 18.6 Å². The number of sulfonamides is 1. The molecule has 2 aromatic rings. The van der Waals surface area contributed by atoms with Crippen molar-refractivity contribution >= 4 is 21.6 Å². The van der Waals surface area contributed by atoms with Gasteiger partial charge in [-0.1, -0.05) is 25.1 Å². The number of rotatable bonds is 11. The number of benzene rings is 2. The summed E-state index contributed by atoms with van der Waals surface area (Å²) in [5.74, 6) is 0.565. The second-order valence-electron chi connectivity index (χ2n) is 7.72. The molecule has 0 aromatic heterocycles. The number of hydrogen-bond donors (Lipinski definition) is 1. The van der Waals surface area contributed by atoms with Gasteiger partial charge in [0, 0.05) is 6.54 Å².